The zero-order valence-corrected chi connectivity index (χ0v) is 11.9. The van der Waals surface area contributed by atoms with E-state index < -0.39 is 0 Å². The SMILES string of the molecule is CCC(C)C(=O)Nc1nc2c(s1)Cc1ccccc1-2. The van der Waals surface area contributed by atoms with Crippen LogP contribution in [0.2, 0.25) is 0 Å². The van der Waals surface area contributed by atoms with Crippen molar-refractivity contribution in [1.29, 1.82) is 0 Å². The molecule has 1 aromatic heterocycles. The van der Waals surface area contributed by atoms with Crippen molar-refractivity contribution in [2.45, 2.75) is 26.7 Å². The fraction of sp³-hybridized carbons (Fsp3) is 0.333. The number of aromatic nitrogens is 1. The minimum absolute atomic E-state index is 0.0334. The van der Waals surface area contributed by atoms with Gasteiger partial charge in [0.1, 0.15) is 0 Å². The highest BCUT2D eigenvalue weighted by molar-refractivity contribution is 7.16. The fourth-order valence-corrected chi connectivity index (χ4v) is 3.23. The summed E-state index contributed by atoms with van der Waals surface area (Å²) < 4.78 is 0. The molecule has 0 saturated heterocycles. The van der Waals surface area contributed by atoms with E-state index in [4.69, 9.17) is 0 Å². The topological polar surface area (TPSA) is 42.0 Å². The van der Waals surface area contributed by atoms with E-state index in [1.165, 1.54) is 16.0 Å². The van der Waals surface area contributed by atoms with Crippen LogP contribution in [0.15, 0.2) is 24.3 Å². The summed E-state index contributed by atoms with van der Waals surface area (Å²) in [7, 11) is 0. The first-order chi connectivity index (χ1) is 9.19. The van der Waals surface area contributed by atoms with Crippen molar-refractivity contribution in [3.05, 3.63) is 34.7 Å². The molecule has 1 unspecified atom stereocenters. The Hall–Kier alpha value is -1.68. The lowest BCUT2D eigenvalue weighted by Gasteiger charge is -2.07. The average Bonchev–Trinajstić information content (AvgIpc) is 2.94. The molecule has 0 saturated carbocycles. The number of thiazole rings is 1. The van der Waals surface area contributed by atoms with Crippen LogP contribution in [0.1, 0.15) is 30.7 Å². The van der Waals surface area contributed by atoms with Crippen molar-refractivity contribution >= 4 is 22.4 Å². The van der Waals surface area contributed by atoms with Gasteiger partial charge in [-0.3, -0.25) is 4.79 Å². The second-order valence-electron chi connectivity index (χ2n) is 4.92. The molecule has 98 valence electrons. The van der Waals surface area contributed by atoms with E-state index in [9.17, 15) is 4.79 Å². The number of anilines is 1. The number of carbonyl (C=O) groups excluding carboxylic acids is 1. The molecule has 1 aliphatic rings. The summed E-state index contributed by atoms with van der Waals surface area (Å²) >= 11 is 1.59. The molecule has 1 aliphatic carbocycles. The summed E-state index contributed by atoms with van der Waals surface area (Å²) in [5.74, 6) is 0.0919. The number of nitrogens with one attached hydrogen (secondary N) is 1. The van der Waals surface area contributed by atoms with Gasteiger partial charge in [0.05, 0.1) is 5.69 Å². The Balaban J connectivity index is 1.85. The molecule has 1 atom stereocenters. The monoisotopic (exact) mass is 272 g/mol. The number of carbonyl (C=O) groups is 1. The van der Waals surface area contributed by atoms with Gasteiger partial charge in [0.2, 0.25) is 5.91 Å². The molecule has 3 rings (SSSR count). The Labute approximate surface area is 116 Å². The maximum Gasteiger partial charge on any atom is 0.228 e. The second kappa shape index (κ2) is 4.78. The number of nitrogens with zero attached hydrogens (tertiary/aromatic N) is 1. The van der Waals surface area contributed by atoms with Gasteiger partial charge in [-0.05, 0) is 12.0 Å². The molecule has 0 radical (unpaired) electrons. The molecule has 1 amide bonds. The van der Waals surface area contributed by atoms with Crippen LogP contribution in [0.4, 0.5) is 5.13 Å². The van der Waals surface area contributed by atoms with Crippen LogP contribution in [0.3, 0.4) is 0 Å². The first-order valence-corrected chi connectivity index (χ1v) is 7.39. The summed E-state index contributed by atoms with van der Waals surface area (Å²) in [5, 5.41) is 3.65. The van der Waals surface area contributed by atoms with Crippen molar-refractivity contribution in [2.24, 2.45) is 5.92 Å². The Morgan fingerprint density at radius 2 is 2.26 bits per heavy atom. The van der Waals surface area contributed by atoms with Gasteiger partial charge in [-0.15, -0.1) is 11.3 Å². The predicted molar refractivity (Wildman–Crippen MR) is 78.4 cm³/mol. The predicted octanol–water partition coefficient (Wildman–Crippen LogP) is 3.70. The second-order valence-corrected chi connectivity index (χ2v) is 6.01. The zero-order valence-electron chi connectivity index (χ0n) is 11.1. The highest BCUT2D eigenvalue weighted by Gasteiger charge is 2.23. The minimum atomic E-state index is 0.0334. The minimum Gasteiger partial charge on any atom is -0.302 e. The van der Waals surface area contributed by atoms with Crippen molar-refractivity contribution in [3.8, 4) is 11.3 Å². The van der Waals surface area contributed by atoms with Crippen molar-refractivity contribution in [2.75, 3.05) is 5.32 Å². The van der Waals surface area contributed by atoms with Crippen LogP contribution in [0.25, 0.3) is 11.3 Å². The summed E-state index contributed by atoms with van der Waals surface area (Å²) in [6, 6.07) is 8.33. The number of amides is 1. The number of hydrogen-bond donors (Lipinski definition) is 1. The average molecular weight is 272 g/mol. The summed E-state index contributed by atoms with van der Waals surface area (Å²) in [6.07, 6.45) is 1.78. The van der Waals surface area contributed by atoms with E-state index in [-0.39, 0.29) is 11.8 Å². The lowest BCUT2D eigenvalue weighted by Crippen LogP contribution is -2.19. The van der Waals surface area contributed by atoms with Crippen molar-refractivity contribution < 1.29 is 4.79 Å². The molecule has 0 bridgehead atoms. The quantitative estimate of drug-likeness (QED) is 0.790. The molecule has 0 aliphatic heterocycles. The van der Waals surface area contributed by atoms with Gasteiger partial charge in [-0.1, -0.05) is 38.1 Å². The normalized spacial score (nSPS) is 13.8. The fourth-order valence-electron chi connectivity index (χ4n) is 2.23. The molecule has 0 spiro atoms. The summed E-state index contributed by atoms with van der Waals surface area (Å²) in [4.78, 5) is 17.7. The Kier molecular flexibility index (Phi) is 3.11. The number of benzene rings is 1. The Bertz CT molecular complexity index is 633. The van der Waals surface area contributed by atoms with E-state index in [2.05, 4.69) is 28.5 Å². The molecule has 1 heterocycles. The third-order valence-corrected chi connectivity index (χ3v) is 4.58. The summed E-state index contributed by atoms with van der Waals surface area (Å²) in [5.41, 5.74) is 3.58. The first-order valence-electron chi connectivity index (χ1n) is 6.58. The van der Waals surface area contributed by atoms with Crippen molar-refractivity contribution in [3.63, 3.8) is 0 Å². The standard InChI is InChI=1S/C15H16N2OS/c1-3-9(2)14(18)17-15-16-13-11-7-5-4-6-10(11)8-12(13)19-15/h4-7,9H,3,8H2,1-2H3,(H,16,17,18). The van der Waals surface area contributed by atoms with Crippen molar-refractivity contribution in [1.82, 2.24) is 4.98 Å². The van der Waals surface area contributed by atoms with Gasteiger partial charge >= 0.3 is 0 Å². The molecule has 1 aromatic carbocycles. The van der Waals surface area contributed by atoms with E-state index in [0.29, 0.717) is 0 Å². The third kappa shape index (κ3) is 2.16. The first kappa shape index (κ1) is 12.4. The highest BCUT2D eigenvalue weighted by Crippen LogP contribution is 2.40. The lowest BCUT2D eigenvalue weighted by atomic mass is 10.1. The van der Waals surface area contributed by atoms with Gasteiger partial charge in [0.15, 0.2) is 5.13 Å². The maximum atomic E-state index is 11.9. The number of rotatable bonds is 3. The van der Waals surface area contributed by atoms with Crippen LogP contribution in [0.5, 0.6) is 0 Å². The molecule has 4 heteroatoms. The lowest BCUT2D eigenvalue weighted by molar-refractivity contribution is -0.119. The van der Waals surface area contributed by atoms with Crippen LogP contribution in [-0.4, -0.2) is 10.9 Å². The van der Waals surface area contributed by atoms with E-state index in [1.807, 2.05) is 19.9 Å². The van der Waals surface area contributed by atoms with Gasteiger partial charge in [0, 0.05) is 22.8 Å². The molecule has 0 fully saturated rings. The van der Waals surface area contributed by atoms with Gasteiger partial charge < -0.3 is 5.32 Å². The Morgan fingerprint density at radius 1 is 1.47 bits per heavy atom. The molecule has 19 heavy (non-hydrogen) atoms. The molecule has 1 N–H and O–H groups in total. The molecule has 2 aromatic rings. The molecular formula is C15H16N2OS. The van der Waals surface area contributed by atoms with Gasteiger partial charge in [0.25, 0.3) is 0 Å². The third-order valence-electron chi connectivity index (χ3n) is 3.61. The summed E-state index contributed by atoms with van der Waals surface area (Å²) in [6.45, 7) is 3.95. The van der Waals surface area contributed by atoms with Gasteiger partial charge in [-0.25, -0.2) is 4.98 Å². The van der Waals surface area contributed by atoms with Crippen LogP contribution < -0.4 is 5.32 Å². The van der Waals surface area contributed by atoms with Gasteiger partial charge in [-0.2, -0.15) is 0 Å². The Morgan fingerprint density at radius 3 is 3.05 bits per heavy atom. The van der Waals surface area contributed by atoms with Crippen LogP contribution in [-0.2, 0) is 11.2 Å². The largest absolute Gasteiger partial charge is 0.302 e. The maximum absolute atomic E-state index is 11.9. The zero-order chi connectivity index (χ0) is 13.4. The van der Waals surface area contributed by atoms with E-state index >= 15 is 0 Å². The number of fused-ring (bicyclic) bond motifs is 3. The smallest absolute Gasteiger partial charge is 0.228 e. The highest BCUT2D eigenvalue weighted by atomic mass is 32.1. The molecular weight excluding hydrogens is 256 g/mol. The van der Waals surface area contributed by atoms with E-state index in [0.717, 1.165) is 23.7 Å². The number of hydrogen-bond acceptors (Lipinski definition) is 3. The van der Waals surface area contributed by atoms with E-state index in [1.54, 1.807) is 11.3 Å². The van der Waals surface area contributed by atoms with Crippen LogP contribution >= 0.6 is 11.3 Å². The molecule has 3 nitrogen and oxygen atoms in total. The van der Waals surface area contributed by atoms with Crippen LogP contribution in [0, 0.1) is 5.92 Å².